The first-order valence-corrected chi connectivity index (χ1v) is 20.9. The lowest BCUT2D eigenvalue weighted by Crippen LogP contribution is -2.46. The topological polar surface area (TPSA) is 104 Å². The van der Waals surface area contributed by atoms with E-state index < -0.39 is 33.9 Å². The summed E-state index contributed by atoms with van der Waals surface area (Å²) in [6.45, 7) is 4.39. The predicted octanol–water partition coefficient (Wildman–Crippen LogP) is 11.2. The smallest absolute Gasteiger partial charge is 0.267 e. The Morgan fingerprint density at radius 3 is 1.49 bits per heavy atom. The summed E-state index contributed by atoms with van der Waals surface area (Å²) >= 11 is 0. The fraction of sp³-hybridized carbons (Fsp3) is 0.643. The van der Waals surface area contributed by atoms with Crippen molar-refractivity contribution in [3.8, 4) is 0 Å². The van der Waals surface area contributed by atoms with Crippen LogP contribution in [0.25, 0.3) is 0 Å². The van der Waals surface area contributed by atoms with E-state index >= 15 is 0 Å². The molecular formula is C42H71NO5S. The lowest BCUT2D eigenvalue weighted by atomic mass is 10.0. The molecule has 0 radical (unpaired) electrons. The molecule has 2 unspecified atom stereocenters. The maximum absolute atomic E-state index is 12.4. The number of allylic oxidation sites excluding steroid dienone is 12. The first kappa shape index (κ1) is 46.5. The summed E-state index contributed by atoms with van der Waals surface area (Å²) in [5.41, 5.74) is 0. The van der Waals surface area contributed by atoms with Crippen LogP contribution in [-0.4, -0.2) is 41.9 Å². The molecule has 0 aromatic rings. The van der Waals surface area contributed by atoms with Gasteiger partial charge in [0.05, 0.1) is 17.9 Å². The van der Waals surface area contributed by atoms with Gasteiger partial charge >= 0.3 is 0 Å². The van der Waals surface area contributed by atoms with E-state index in [2.05, 4.69) is 73.8 Å². The van der Waals surface area contributed by atoms with Crippen molar-refractivity contribution in [2.45, 2.75) is 167 Å². The van der Waals surface area contributed by atoms with Crippen LogP contribution in [0, 0.1) is 0 Å². The minimum atomic E-state index is -4.39. The van der Waals surface area contributed by atoms with E-state index in [4.69, 9.17) is 0 Å². The Hall–Kier alpha value is -2.48. The first-order chi connectivity index (χ1) is 23.8. The first-order valence-electron chi connectivity index (χ1n) is 19.3. The van der Waals surface area contributed by atoms with E-state index in [1.807, 2.05) is 12.2 Å². The van der Waals surface area contributed by atoms with Crippen molar-refractivity contribution in [1.29, 1.82) is 0 Å². The average Bonchev–Trinajstić information content (AvgIpc) is 3.06. The number of unbranched alkanes of at least 4 members (excludes halogenated alkanes) is 14. The summed E-state index contributed by atoms with van der Waals surface area (Å²) in [6.07, 6.45) is 51.7. The minimum absolute atomic E-state index is 0.0516. The molecule has 7 heteroatoms. The highest BCUT2D eigenvalue weighted by molar-refractivity contribution is 7.85. The molecule has 0 spiro atoms. The lowest BCUT2D eigenvalue weighted by molar-refractivity contribution is -0.121. The molecule has 0 bridgehead atoms. The third-order valence-corrected chi connectivity index (χ3v) is 8.86. The van der Waals surface area contributed by atoms with Gasteiger partial charge in [-0.1, -0.05) is 176 Å². The number of nitrogens with one attached hydrogen (secondary N) is 1. The van der Waals surface area contributed by atoms with Crippen LogP contribution in [-0.2, 0) is 14.9 Å². The Labute approximate surface area is 301 Å². The van der Waals surface area contributed by atoms with Crippen molar-refractivity contribution in [2.24, 2.45) is 0 Å². The fourth-order valence-electron chi connectivity index (χ4n) is 5.24. The molecular weight excluding hydrogens is 631 g/mol. The van der Waals surface area contributed by atoms with Crippen molar-refractivity contribution >= 4 is 16.0 Å². The second kappa shape index (κ2) is 35.3. The van der Waals surface area contributed by atoms with Crippen LogP contribution in [0.3, 0.4) is 0 Å². The van der Waals surface area contributed by atoms with E-state index in [0.29, 0.717) is 12.8 Å². The molecule has 0 aliphatic rings. The van der Waals surface area contributed by atoms with Gasteiger partial charge in [0, 0.05) is 6.42 Å². The van der Waals surface area contributed by atoms with Gasteiger partial charge in [0.1, 0.15) is 0 Å². The van der Waals surface area contributed by atoms with Gasteiger partial charge in [0.2, 0.25) is 5.91 Å². The van der Waals surface area contributed by atoms with Crippen LogP contribution in [0.15, 0.2) is 85.1 Å². The van der Waals surface area contributed by atoms with Gasteiger partial charge in [0.25, 0.3) is 10.1 Å². The van der Waals surface area contributed by atoms with Crippen LogP contribution in [0.5, 0.6) is 0 Å². The van der Waals surface area contributed by atoms with Crippen molar-refractivity contribution in [1.82, 2.24) is 5.32 Å². The quantitative estimate of drug-likeness (QED) is 0.0359. The highest BCUT2D eigenvalue weighted by Crippen LogP contribution is 2.13. The molecule has 2 atom stereocenters. The van der Waals surface area contributed by atoms with Crippen molar-refractivity contribution in [3.05, 3.63) is 85.1 Å². The molecule has 0 aromatic heterocycles. The fourth-order valence-corrected chi connectivity index (χ4v) is 5.97. The number of carbonyl (C=O) groups excluding carboxylic acids is 1. The molecule has 0 aliphatic carbocycles. The van der Waals surface area contributed by atoms with Crippen molar-refractivity contribution < 1.29 is 22.9 Å². The van der Waals surface area contributed by atoms with Gasteiger partial charge in [-0.2, -0.15) is 8.42 Å². The molecule has 1 amide bonds. The maximum atomic E-state index is 12.4. The van der Waals surface area contributed by atoms with Gasteiger partial charge in [0.15, 0.2) is 0 Å². The standard InChI is InChI=1S/C42H71NO5S/c1-3-5-7-9-11-13-15-17-19-20-21-22-24-25-27-29-31-33-35-37-41(44)40(39-49(46,47)48)43-42(45)38-36-34-32-30-28-26-23-18-16-14-12-10-8-6-4-2/h6,8,12,14,18,23,27-30,34-37,40-41,44H,3-5,7,9-11,13,15-17,19-22,24-26,31-33,38-39H2,1-2H3,(H,43,45)(H,46,47,48)/b8-6-,14-12-,23-18-,29-27+,30-28-,36-34-,37-35+. The van der Waals surface area contributed by atoms with Crippen molar-refractivity contribution in [3.63, 3.8) is 0 Å². The summed E-state index contributed by atoms with van der Waals surface area (Å²) in [5, 5.41) is 13.1. The van der Waals surface area contributed by atoms with Crippen LogP contribution in [0.2, 0.25) is 0 Å². The van der Waals surface area contributed by atoms with Gasteiger partial charge in [-0.25, -0.2) is 0 Å². The number of aliphatic hydroxyl groups is 1. The molecule has 0 aromatic carbocycles. The number of carbonyl (C=O) groups is 1. The molecule has 0 saturated heterocycles. The Balaban J connectivity index is 4.15. The zero-order valence-electron chi connectivity index (χ0n) is 31.0. The third-order valence-electron chi connectivity index (χ3n) is 8.08. The largest absolute Gasteiger partial charge is 0.387 e. The molecule has 0 aliphatic heterocycles. The zero-order chi connectivity index (χ0) is 36.1. The number of hydrogen-bond donors (Lipinski definition) is 3. The molecule has 280 valence electrons. The molecule has 0 rings (SSSR count). The molecule has 0 fully saturated rings. The number of aliphatic hydroxyl groups excluding tert-OH is 1. The van der Waals surface area contributed by atoms with Gasteiger partial charge in [-0.05, 0) is 57.8 Å². The second-order valence-corrected chi connectivity index (χ2v) is 14.3. The number of amides is 1. The summed E-state index contributed by atoms with van der Waals surface area (Å²) in [4.78, 5) is 12.4. The second-order valence-electron chi connectivity index (χ2n) is 12.8. The van der Waals surface area contributed by atoms with Gasteiger partial charge < -0.3 is 10.4 Å². The Morgan fingerprint density at radius 2 is 1.00 bits per heavy atom. The van der Waals surface area contributed by atoms with Gasteiger partial charge in [-0.3, -0.25) is 9.35 Å². The summed E-state index contributed by atoms with van der Waals surface area (Å²) in [6, 6.07) is -1.13. The zero-order valence-corrected chi connectivity index (χ0v) is 31.8. The third kappa shape index (κ3) is 36.6. The predicted molar refractivity (Wildman–Crippen MR) is 211 cm³/mol. The highest BCUT2D eigenvalue weighted by Gasteiger charge is 2.24. The Bertz CT molecular complexity index is 1080. The van der Waals surface area contributed by atoms with E-state index in [1.165, 1.54) is 89.5 Å². The Morgan fingerprint density at radius 1 is 0.571 bits per heavy atom. The summed E-state index contributed by atoms with van der Waals surface area (Å²) in [5.74, 6) is -1.17. The van der Waals surface area contributed by atoms with E-state index in [9.17, 15) is 22.9 Å². The van der Waals surface area contributed by atoms with E-state index in [-0.39, 0.29) is 6.42 Å². The monoisotopic (exact) mass is 702 g/mol. The van der Waals surface area contributed by atoms with Crippen LogP contribution in [0.4, 0.5) is 0 Å². The van der Waals surface area contributed by atoms with E-state index in [0.717, 1.165) is 38.5 Å². The molecule has 49 heavy (non-hydrogen) atoms. The number of rotatable bonds is 33. The maximum Gasteiger partial charge on any atom is 0.267 e. The highest BCUT2D eigenvalue weighted by atomic mass is 32.2. The lowest BCUT2D eigenvalue weighted by Gasteiger charge is -2.20. The van der Waals surface area contributed by atoms with Crippen LogP contribution < -0.4 is 5.32 Å². The minimum Gasteiger partial charge on any atom is -0.387 e. The van der Waals surface area contributed by atoms with Crippen LogP contribution >= 0.6 is 0 Å². The summed E-state index contributed by atoms with van der Waals surface area (Å²) in [7, 11) is -4.39. The Kier molecular flexibility index (Phi) is 33.6. The normalized spacial score (nSPS) is 14.3. The summed E-state index contributed by atoms with van der Waals surface area (Å²) < 4.78 is 32.4. The SMILES string of the molecule is CC/C=C\C/C=C\C/C=C\C/C=C\C/C=C\CC(=O)NC(CS(=O)(=O)O)C(O)/C=C/CC/C=C/CCCCCCCCCCCCCCC. The van der Waals surface area contributed by atoms with Gasteiger partial charge in [-0.15, -0.1) is 0 Å². The molecule has 6 nitrogen and oxygen atoms in total. The van der Waals surface area contributed by atoms with E-state index in [1.54, 1.807) is 12.2 Å². The van der Waals surface area contributed by atoms with Crippen molar-refractivity contribution in [2.75, 3.05) is 5.75 Å². The van der Waals surface area contributed by atoms with Crippen LogP contribution in [0.1, 0.15) is 155 Å². The molecule has 0 saturated carbocycles. The molecule has 3 N–H and O–H groups in total. The number of hydrogen-bond acceptors (Lipinski definition) is 4. The average molecular weight is 702 g/mol. The molecule has 0 heterocycles.